The van der Waals surface area contributed by atoms with E-state index in [1.54, 1.807) is 18.4 Å². The third kappa shape index (κ3) is 2.94. The van der Waals surface area contributed by atoms with E-state index < -0.39 is 0 Å². The summed E-state index contributed by atoms with van der Waals surface area (Å²) in [7, 11) is 1.71. The van der Waals surface area contributed by atoms with Crippen molar-refractivity contribution in [2.75, 3.05) is 7.11 Å². The van der Waals surface area contributed by atoms with Gasteiger partial charge in [-0.3, -0.25) is 0 Å². The smallest absolute Gasteiger partial charge is 0.0713 e. The summed E-state index contributed by atoms with van der Waals surface area (Å²) >= 11 is 1.76. The van der Waals surface area contributed by atoms with E-state index in [1.165, 1.54) is 20.9 Å². The second-order valence-corrected chi connectivity index (χ2v) is 5.24. The lowest BCUT2D eigenvalue weighted by Crippen LogP contribution is -2.01. The van der Waals surface area contributed by atoms with Crippen molar-refractivity contribution in [1.29, 1.82) is 0 Å². The van der Waals surface area contributed by atoms with Crippen molar-refractivity contribution in [2.24, 2.45) is 5.73 Å². The van der Waals surface area contributed by atoms with Crippen molar-refractivity contribution < 1.29 is 4.74 Å². The molecule has 2 aromatic rings. The average molecular weight is 247 g/mol. The van der Waals surface area contributed by atoms with Crippen LogP contribution in [0.3, 0.4) is 0 Å². The van der Waals surface area contributed by atoms with Crippen LogP contribution in [0, 0.1) is 0 Å². The molecule has 0 radical (unpaired) electrons. The Bertz CT molecular complexity index is 473. The lowest BCUT2D eigenvalue weighted by molar-refractivity contribution is 0.185. The van der Waals surface area contributed by atoms with E-state index in [4.69, 9.17) is 10.5 Å². The average Bonchev–Trinajstić information content (AvgIpc) is 2.80. The highest BCUT2D eigenvalue weighted by Gasteiger charge is 2.05. The largest absolute Gasteiger partial charge is 0.380 e. The number of hydrogen-bond donors (Lipinski definition) is 1. The Balaban J connectivity index is 2.21. The molecule has 0 saturated carbocycles. The van der Waals surface area contributed by atoms with Gasteiger partial charge in [0, 0.05) is 22.9 Å². The third-order valence-electron chi connectivity index (χ3n) is 2.63. The van der Waals surface area contributed by atoms with Gasteiger partial charge in [0.25, 0.3) is 0 Å². The van der Waals surface area contributed by atoms with Crippen molar-refractivity contribution >= 4 is 11.3 Å². The first-order valence-electron chi connectivity index (χ1n) is 5.64. The molecule has 90 valence electrons. The summed E-state index contributed by atoms with van der Waals surface area (Å²) in [5.41, 5.74) is 8.30. The van der Waals surface area contributed by atoms with Crippen LogP contribution < -0.4 is 5.73 Å². The second-order valence-electron chi connectivity index (χ2n) is 4.12. The van der Waals surface area contributed by atoms with Crippen LogP contribution in [0.15, 0.2) is 36.4 Å². The minimum absolute atomic E-state index is 0.113. The van der Waals surface area contributed by atoms with Gasteiger partial charge in [0.05, 0.1) is 6.61 Å². The lowest BCUT2D eigenvalue weighted by atomic mass is 10.1. The quantitative estimate of drug-likeness (QED) is 0.896. The van der Waals surface area contributed by atoms with Crippen LogP contribution in [-0.2, 0) is 11.3 Å². The Morgan fingerprint density at radius 1 is 1.18 bits per heavy atom. The minimum Gasteiger partial charge on any atom is -0.380 e. The monoisotopic (exact) mass is 247 g/mol. The number of ether oxygens (including phenoxy) is 1. The summed E-state index contributed by atoms with van der Waals surface area (Å²) in [4.78, 5) is 2.49. The Hall–Kier alpha value is -1.16. The zero-order chi connectivity index (χ0) is 12.3. The number of benzene rings is 1. The number of rotatable bonds is 4. The molecule has 0 fully saturated rings. The molecule has 17 heavy (non-hydrogen) atoms. The molecule has 0 aliphatic rings. The molecule has 1 aromatic carbocycles. The molecule has 0 spiro atoms. The molecule has 0 saturated heterocycles. The van der Waals surface area contributed by atoms with Gasteiger partial charge in [0.15, 0.2) is 0 Å². The van der Waals surface area contributed by atoms with Crippen LogP contribution in [0.5, 0.6) is 0 Å². The highest BCUT2D eigenvalue weighted by atomic mass is 32.1. The highest BCUT2D eigenvalue weighted by molar-refractivity contribution is 7.15. The fourth-order valence-corrected chi connectivity index (χ4v) is 2.65. The Labute approximate surface area is 106 Å². The van der Waals surface area contributed by atoms with Crippen LogP contribution >= 0.6 is 11.3 Å². The highest BCUT2D eigenvalue weighted by Crippen LogP contribution is 2.30. The fraction of sp³-hybridized carbons (Fsp3) is 0.286. The van der Waals surface area contributed by atoms with Crippen LogP contribution in [-0.4, -0.2) is 7.11 Å². The molecule has 2 N–H and O–H groups in total. The van der Waals surface area contributed by atoms with E-state index in [-0.39, 0.29) is 6.04 Å². The summed E-state index contributed by atoms with van der Waals surface area (Å²) in [6.07, 6.45) is 0. The molecule has 0 bridgehead atoms. The van der Waals surface area contributed by atoms with E-state index in [0.717, 1.165) is 0 Å². The van der Waals surface area contributed by atoms with Crippen molar-refractivity contribution in [3.05, 3.63) is 46.8 Å². The first-order chi connectivity index (χ1) is 8.20. The van der Waals surface area contributed by atoms with E-state index in [9.17, 15) is 0 Å². The molecule has 2 rings (SSSR count). The lowest BCUT2D eigenvalue weighted by Gasteiger charge is -2.02. The van der Waals surface area contributed by atoms with Crippen molar-refractivity contribution in [2.45, 2.75) is 19.6 Å². The first kappa shape index (κ1) is 12.3. The van der Waals surface area contributed by atoms with Gasteiger partial charge < -0.3 is 10.5 Å². The van der Waals surface area contributed by atoms with Gasteiger partial charge in [0.2, 0.25) is 0 Å². The van der Waals surface area contributed by atoms with Gasteiger partial charge in [-0.2, -0.15) is 0 Å². The molecule has 0 aliphatic heterocycles. The number of hydrogen-bond acceptors (Lipinski definition) is 3. The molecule has 1 atom stereocenters. The molecular weight excluding hydrogens is 230 g/mol. The van der Waals surface area contributed by atoms with Crippen LogP contribution in [0.1, 0.15) is 23.4 Å². The van der Waals surface area contributed by atoms with Gasteiger partial charge in [-0.1, -0.05) is 24.3 Å². The maximum atomic E-state index is 5.86. The van der Waals surface area contributed by atoms with Crippen molar-refractivity contribution in [3.63, 3.8) is 0 Å². The SMILES string of the molecule is COCc1ccc(-c2ccc(C(C)N)s2)cc1. The van der Waals surface area contributed by atoms with Gasteiger partial charge >= 0.3 is 0 Å². The zero-order valence-corrected chi connectivity index (χ0v) is 11.0. The number of methoxy groups -OCH3 is 1. The molecular formula is C14H17NOS. The Morgan fingerprint density at radius 3 is 2.41 bits per heavy atom. The third-order valence-corrected chi connectivity index (χ3v) is 3.96. The fourth-order valence-electron chi connectivity index (χ4n) is 1.68. The standard InChI is InChI=1S/C14H17NOS/c1-10(15)13-7-8-14(17-13)12-5-3-11(4-6-12)9-16-2/h3-8,10H,9,15H2,1-2H3. The van der Waals surface area contributed by atoms with Crippen LogP contribution in [0.4, 0.5) is 0 Å². The number of nitrogens with two attached hydrogens (primary N) is 1. The zero-order valence-electron chi connectivity index (χ0n) is 10.1. The number of thiophene rings is 1. The molecule has 2 nitrogen and oxygen atoms in total. The minimum atomic E-state index is 0.113. The van der Waals surface area contributed by atoms with E-state index >= 15 is 0 Å². The normalized spacial score (nSPS) is 12.6. The van der Waals surface area contributed by atoms with Gasteiger partial charge in [-0.25, -0.2) is 0 Å². The maximum Gasteiger partial charge on any atom is 0.0713 e. The molecule has 0 amide bonds. The van der Waals surface area contributed by atoms with E-state index in [2.05, 4.69) is 36.4 Å². The van der Waals surface area contributed by atoms with Crippen molar-refractivity contribution in [1.82, 2.24) is 0 Å². The van der Waals surface area contributed by atoms with Crippen molar-refractivity contribution in [3.8, 4) is 10.4 Å². The maximum absolute atomic E-state index is 5.86. The van der Waals surface area contributed by atoms with E-state index in [0.29, 0.717) is 6.61 Å². The Morgan fingerprint density at radius 2 is 1.88 bits per heavy atom. The summed E-state index contributed by atoms with van der Waals surface area (Å²) in [5.74, 6) is 0. The first-order valence-corrected chi connectivity index (χ1v) is 6.46. The molecule has 3 heteroatoms. The predicted molar refractivity (Wildman–Crippen MR) is 73.1 cm³/mol. The topological polar surface area (TPSA) is 35.2 Å². The summed E-state index contributed by atoms with van der Waals surface area (Å²) < 4.78 is 5.10. The van der Waals surface area contributed by atoms with E-state index in [1.807, 2.05) is 6.92 Å². The summed E-state index contributed by atoms with van der Waals surface area (Å²) in [5, 5.41) is 0. The summed E-state index contributed by atoms with van der Waals surface area (Å²) in [6.45, 7) is 2.67. The van der Waals surface area contributed by atoms with Gasteiger partial charge in [-0.15, -0.1) is 11.3 Å². The van der Waals surface area contributed by atoms with Gasteiger partial charge in [-0.05, 0) is 30.2 Å². The molecule has 1 aromatic heterocycles. The molecule has 1 heterocycles. The summed E-state index contributed by atoms with van der Waals surface area (Å²) in [6, 6.07) is 12.8. The predicted octanol–water partition coefficient (Wildman–Crippen LogP) is 3.58. The van der Waals surface area contributed by atoms with Gasteiger partial charge in [0.1, 0.15) is 0 Å². The second kappa shape index (κ2) is 5.45. The van der Waals surface area contributed by atoms with Crippen LogP contribution in [0.25, 0.3) is 10.4 Å². The molecule has 1 unspecified atom stereocenters. The Kier molecular flexibility index (Phi) is 3.94. The molecule has 0 aliphatic carbocycles. The van der Waals surface area contributed by atoms with Crippen LogP contribution in [0.2, 0.25) is 0 Å².